The molecule has 0 unspecified atom stereocenters. The Kier molecular flexibility index (Phi) is 5.63. The van der Waals surface area contributed by atoms with E-state index in [1.807, 2.05) is 6.92 Å². The third kappa shape index (κ3) is 8.47. The minimum Gasteiger partial charge on any atom is -0.389 e. The van der Waals surface area contributed by atoms with Crippen molar-refractivity contribution in [1.29, 1.82) is 0 Å². The van der Waals surface area contributed by atoms with Gasteiger partial charge in [-0.15, -0.1) is 0 Å². The summed E-state index contributed by atoms with van der Waals surface area (Å²) in [7, 11) is -2.89. The van der Waals surface area contributed by atoms with Gasteiger partial charge < -0.3 is 10.4 Å². The molecule has 0 aromatic rings. The van der Waals surface area contributed by atoms with Crippen molar-refractivity contribution < 1.29 is 13.5 Å². The summed E-state index contributed by atoms with van der Waals surface area (Å²) < 4.78 is 22.5. The SMILES string of the molecule is CCCS(=O)(=O)CCNCC(C)(C)O. The van der Waals surface area contributed by atoms with Crippen LogP contribution in [0.1, 0.15) is 27.2 Å². The van der Waals surface area contributed by atoms with Crippen molar-refractivity contribution in [2.45, 2.75) is 32.8 Å². The second-order valence-electron chi connectivity index (χ2n) is 4.14. The number of sulfone groups is 1. The van der Waals surface area contributed by atoms with E-state index in [2.05, 4.69) is 5.32 Å². The first kappa shape index (κ1) is 13.9. The molecule has 0 aromatic heterocycles. The fourth-order valence-electron chi connectivity index (χ4n) is 1.04. The van der Waals surface area contributed by atoms with Crippen molar-refractivity contribution in [3.63, 3.8) is 0 Å². The lowest BCUT2D eigenvalue weighted by atomic mass is 10.1. The van der Waals surface area contributed by atoms with Gasteiger partial charge in [-0.25, -0.2) is 8.42 Å². The molecule has 0 fully saturated rings. The van der Waals surface area contributed by atoms with E-state index in [0.717, 1.165) is 0 Å². The standard InChI is InChI=1S/C9H21NO3S/c1-4-6-14(12,13)7-5-10-8-9(2,3)11/h10-11H,4-8H2,1-3H3. The van der Waals surface area contributed by atoms with Gasteiger partial charge in [0.25, 0.3) is 0 Å². The van der Waals surface area contributed by atoms with Gasteiger partial charge in [0.05, 0.1) is 11.4 Å². The van der Waals surface area contributed by atoms with Gasteiger partial charge in [0.15, 0.2) is 9.84 Å². The molecule has 0 amide bonds. The number of nitrogens with one attached hydrogen (secondary N) is 1. The van der Waals surface area contributed by atoms with Gasteiger partial charge in [0.1, 0.15) is 0 Å². The summed E-state index contributed by atoms with van der Waals surface area (Å²) in [6.07, 6.45) is 0.661. The summed E-state index contributed by atoms with van der Waals surface area (Å²) in [6.45, 7) is 6.03. The topological polar surface area (TPSA) is 66.4 Å². The zero-order valence-electron chi connectivity index (χ0n) is 9.21. The summed E-state index contributed by atoms with van der Waals surface area (Å²) in [5.74, 6) is 0.397. The van der Waals surface area contributed by atoms with E-state index in [-0.39, 0.29) is 11.5 Å². The van der Waals surface area contributed by atoms with Crippen molar-refractivity contribution in [2.75, 3.05) is 24.6 Å². The normalized spacial score (nSPS) is 13.1. The van der Waals surface area contributed by atoms with Crippen LogP contribution in [-0.2, 0) is 9.84 Å². The number of hydrogen-bond acceptors (Lipinski definition) is 4. The maximum atomic E-state index is 11.3. The van der Waals surface area contributed by atoms with Crippen LogP contribution in [0.2, 0.25) is 0 Å². The number of hydrogen-bond donors (Lipinski definition) is 2. The molecular formula is C9H21NO3S. The Hall–Kier alpha value is -0.130. The van der Waals surface area contributed by atoms with E-state index in [9.17, 15) is 13.5 Å². The zero-order chi connectivity index (χ0) is 11.2. The molecule has 0 saturated heterocycles. The average Bonchev–Trinajstić information content (AvgIpc) is 1.96. The molecule has 0 spiro atoms. The van der Waals surface area contributed by atoms with Gasteiger partial charge >= 0.3 is 0 Å². The molecule has 0 aliphatic heterocycles. The summed E-state index contributed by atoms with van der Waals surface area (Å²) in [6, 6.07) is 0. The first-order chi connectivity index (χ1) is 6.27. The van der Waals surface area contributed by atoms with Crippen LogP contribution in [-0.4, -0.2) is 43.7 Å². The molecule has 5 heteroatoms. The second-order valence-corrected chi connectivity index (χ2v) is 6.44. The third-order valence-electron chi connectivity index (χ3n) is 1.66. The first-order valence-electron chi connectivity index (χ1n) is 4.90. The molecule has 86 valence electrons. The number of rotatable bonds is 7. The van der Waals surface area contributed by atoms with E-state index >= 15 is 0 Å². The Balaban J connectivity index is 3.65. The molecule has 14 heavy (non-hydrogen) atoms. The molecule has 0 saturated carbocycles. The Morgan fingerprint density at radius 1 is 1.29 bits per heavy atom. The monoisotopic (exact) mass is 223 g/mol. The minimum atomic E-state index is -2.89. The molecule has 0 atom stereocenters. The Bertz CT molecular complexity index is 241. The highest BCUT2D eigenvalue weighted by atomic mass is 32.2. The van der Waals surface area contributed by atoms with Crippen LogP contribution in [0, 0.1) is 0 Å². The van der Waals surface area contributed by atoms with Crippen molar-refractivity contribution >= 4 is 9.84 Å². The maximum absolute atomic E-state index is 11.3. The van der Waals surface area contributed by atoms with E-state index in [1.54, 1.807) is 13.8 Å². The van der Waals surface area contributed by atoms with Crippen LogP contribution in [0.25, 0.3) is 0 Å². The van der Waals surface area contributed by atoms with Gasteiger partial charge in [-0.2, -0.15) is 0 Å². The Morgan fingerprint density at radius 2 is 1.86 bits per heavy atom. The van der Waals surface area contributed by atoms with Crippen molar-refractivity contribution in [3.05, 3.63) is 0 Å². The predicted molar refractivity (Wildman–Crippen MR) is 58.1 cm³/mol. The van der Waals surface area contributed by atoms with Crippen LogP contribution in [0.15, 0.2) is 0 Å². The molecule has 2 N–H and O–H groups in total. The highest BCUT2D eigenvalue weighted by molar-refractivity contribution is 7.91. The average molecular weight is 223 g/mol. The summed E-state index contributed by atoms with van der Waals surface area (Å²) in [5, 5.41) is 12.2. The van der Waals surface area contributed by atoms with Crippen LogP contribution < -0.4 is 5.32 Å². The fourth-order valence-corrected chi connectivity index (χ4v) is 2.32. The minimum absolute atomic E-state index is 0.150. The predicted octanol–water partition coefficient (Wildman–Crippen LogP) is 0.172. The lowest BCUT2D eigenvalue weighted by molar-refractivity contribution is 0.0805. The first-order valence-corrected chi connectivity index (χ1v) is 6.72. The lowest BCUT2D eigenvalue weighted by Gasteiger charge is -2.17. The number of aliphatic hydroxyl groups is 1. The second kappa shape index (κ2) is 5.68. The van der Waals surface area contributed by atoms with E-state index in [0.29, 0.717) is 19.5 Å². The molecule has 4 nitrogen and oxygen atoms in total. The highest BCUT2D eigenvalue weighted by Crippen LogP contribution is 1.97. The molecule has 0 radical (unpaired) electrons. The van der Waals surface area contributed by atoms with Crippen molar-refractivity contribution in [3.8, 4) is 0 Å². The van der Waals surface area contributed by atoms with Gasteiger partial charge in [0, 0.05) is 18.8 Å². The van der Waals surface area contributed by atoms with Crippen LogP contribution in [0.4, 0.5) is 0 Å². The molecule has 0 aliphatic rings. The lowest BCUT2D eigenvalue weighted by Crippen LogP contribution is -2.37. The molecule has 0 rings (SSSR count). The molecule has 0 bridgehead atoms. The summed E-state index contributed by atoms with van der Waals surface area (Å²) in [5.41, 5.74) is -0.783. The van der Waals surface area contributed by atoms with Crippen molar-refractivity contribution in [1.82, 2.24) is 5.32 Å². The van der Waals surface area contributed by atoms with E-state index < -0.39 is 15.4 Å². The Labute approximate surface area is 86.6 Å². The van der Waals surface area contributed by atoms with Gasteiger partial charge in [0.2, 0.25) is 0 Å². The van der Waals surface area contributed by atoms with Gasteiger partial charge in [-0.3, -0.25) is 0 Å². The molecule has 0 aliphatic carbocycles. The largest absolute Gasteiger partial charge is 0.389 e. The quantitative estimate of drug-likeness (QED) is 0.604. The fraction of sp³-hybridized carbons (Fsp3) is 1.00. The molecule has 0 heterocycles. The van der Waals surface area contributed by atoms with Gasteiger partial charge in [-0.1, -0.05) is 6.92 Å². The molecular weight excluding hydrogens is 202 g/mol. The zero-order valence-corrected chi connectivity index (χ0v) is 10.0. The third-order valence-corrected chi connectivity index (χ3v) is 3.52. The highest BCUT2D eigenvalue weighted by Gasteiger charge is 2.13. The van der Waals surface area contributed by atoms with Crippen LogP contribution in [0.5, 0.6) is 0 Å². The maximum Gasteiger partial charge on any atom is 0.151 e. The van der Waals surface area contributed by atoms with Crippen LogP contribution in [0.3, 0.4) is 0 Å². The summed E-state index contributed by atoms with van der Waals surface area (Å²) in [4.78, 5) is 0. The smallest absolute Gasteiger partial charge is 0.151 e. The van der Waals surface area contributed by atoms with Crippen LogP contribution >= 0.6 is 0 Å². The van der Waals surface area contributed by atoms with Gasteiger partial charge in [-0.05, 0) is 20.3 Å². The molecule has 0 aromatic carbocycles. The van der Waals surface area contributed by atoms with E-state index in [4.69, 9.17) is 0 Å². The van der Waals surface area contributed by atoms with E-state index in [1.165, 1.54) is 0 Å². The van der Waals surface area contributed by atoms with Crippen molar-refractivity contribution in [2.24, 2.45) is 0 Å². The Morgan fingerprint density at radius 3 is 2.29 bits per heavy atom. The summed E-state index contributed by atoms with van der Waals surface area (Å²) >= 11 is 0.